The Morgan fingerprint density at radius 1 is 0.187 bits per heavy atom. The molecule has 0 saturated carbocycles. The zero-order valence-electron chi connectivity index (χ0n) is 81.1. The van der Waals surface area contributed by atoms with Crippen LogP contribution in [0.15, 0.2) is 84.9 Å². The Bertz CT molecular complexity index is 5750. The summed E-state index contributed by atoms with van der Waals surface area (Å²) < 4.78 is 330. The number of halogens is 20. The van der Waals surface area contributed by atoms with Gasteiger partial charge in [0.15, 0.2) is 46.5 Å². The SMILES string of the molecule is CC(C)C[Si](C#Cc1c2cc3c(F)c(F)c(F)c(F)c3cc2c(C#C[Si](CC(C)C)(CC(C)C)CC(C)C)c2cc3c(-c4cc(C(F)(F)F)cc(C(F)(F)F)c4)c4cc5c(C#C[Si](CC(C)C)(CC(C)C)CC(C)C)c6cc7c(F)c(F)c(F)c(F)c7cc6c(C#C[Si](CC(C)C)(CC(C)C)CC(C)C)c5cc4c(-c4cc(C(F)(F)F)cc(C(F)(F)F)c4)c3cc12)(CC(C)C)CC(C)C. The summed E-state index contributed by atoms with van der Waals surface area (Å²) in [5.74, 6) is -2.31. The Morgan fingerprint density at radius 2 is 0.321 bits per heavy atom. The van der Waals surface area contributed by atoms with Crippen LogP contribution in [-0.2, 0) is 24.7 Å². The number of rotatable bonds is 26. The van der Waals surface area contributed by atoms with E-state index in [2.05, 4.69) is 45.9 Å². The molecule has 0 aliphatic carbocycles. The van der Waals surface area contributed by atoms with Gasteiger partial charge in [-0.15, -0.1) is 22.2 Å². The maximum absolute atomic E-state index is 17.3. The van der Waals surface area contributed by atoms with Crippen molar-refractivity contribution in [3.63, 3.8) is 0 Å². The monoisotopic (exact) mass is 1930 g/mol. The number of benzene rings is 11. The Labute approximate surface area is 780 Å². The largest absolute Gasteiger partial charge is 0.416 e. The summed E-state index contributed by atoms with van der Waals surface area (Å²) in [7, 11) is -12.4. The average Bonchev–Trinajstić information content (AvgIpc) is 0.694. The first-order valence-electron chi connectivity index (χ1n) is 46.9. The van der Waals surface area contributed by atoms with Gasteiger partial charge in [0.05, 0.1) is 22.3 Å². The summed E-state index contributed by atoms with van der Waals surface area (Å²) in [5.41, 5.74) is 4.25. The molecule has 0 saturated heterocycles. The average molecular weight is 1940 g/mol. The zero-order chi connectivity index (χ0) is 99.8. The molecule has 11 aromatic rings. The Hall–Kier alpha value is -8.79. The smallest absolute Gasteiger partial charge is 0.203 e. The lowest BCUT2D eigenvalue weighted by Gasteiger charge is -2.31. The highest BCUT2D eigenvalue weighted by Crippen LogP contribution is 2.54. The van der Waals surface area contributed by atoms with Crippen LogP contribution in [-0.4, -0.2) is 32.3 Å². The quantitative estimate of drug-likeness (QED) is 0.0127. The van der Waals surface area contributed by atoms with Crippen molar-refractivity contribution in [1.29, 1.82) is 0 Å². The van der Waals surface area contributed by atoms with Crippen molar-refractivity contribution < 1.29 is 87.8 Å². The molecule has 0 N–H and O–H groups in total. The standard InChI is InChI=1S/C110H122F20Si4/c1-59(2)47-131(48-60(3)4,49-61(5)6)29-25-77-81-39-89-90(40-82(81)78(26-30-132(50-62(7)8,51-63(9)10)52-64(11)12)86-44-94-93(43-85(77)86)99(111)103(115)104(116)100(94)112)98(72-35-75(109(125,126)127)38-76(36-72)110(128,129)130)92-42-84-80(28-32-134(56-68(19)20,57-69(21)22)58-70(23)24)88-46-96-95(101(113)105(117)106(118)102(96)114)45-87(88)79(27-31-133(53-65(13)14,54-66(15)16)55-67(17)18)83(84)41-91(92)97(89)71-33-73(107(119,120)121)37-74(34-71)108(122,123)124/h33-46,59-70H,47-58H2,1-24H3. The fourth-order valence-electron chi connectivity index (χ4n) is 22.5. The molecule has 11 aromatic carbocycles. The lowest BCUT2D eigenvalue weighted by Crippen LogP contribution is -2.37. The second kappa shape index (κ2) is 40.0. The summed E-state index contributed by atoms with van der Waals surface area (Å²) in [6.45, 7) is 48.4. The van der Waals surface area contributed by atoms with Crippen LogP contribution in [0.4, 0.5) is 87.8 Å². The molecule has 0 radical (unpaired) electrons. The van der Waals surface area contributed by atoms with Crippen LogP contribution in [0, 0.1) is 163 Å². The van der Waals surface area contributed by atoms with Gasteiger partial charge in [-0.05, 0) is 315 Å². The molecule has 0 unspecified atom stereocenters. The minimum absolute atomic E-state index is 0.0223. The van der Waals surface area contributed by atoms with Crippen LogP contribution < -0.4 is 0 Å². The van der Waals surface area contributed by atoms with Gasteiger partial charge in [0, 0.05) is 43.8 Å². The number of fused-ring (bicyclic) bond motifs is 8. The van der Waals surface area contributed by atoms with Gasteiger partial charge in [0.2, 0.25) is 0 Å². The highest BCUT2D eigenvalue weighted by atomic mass is 28.3. The molecular weight excluding hydrogens is 1810 g/mol. The van der Waals surface area contributed by atoms with Crippen molar-refractivity contribution in [2.75, 3.05) is 0 Å². The Balaban J connectivity index is 1.67. The maximum Gasteiger partial charge on any atom is 0.416 e. The summed E-state index contributed by atoms with van der Waals surface area (Å²) in [4.78, 5) is 0. The van der Waals surface area contributed by atoms with Crippen LogP contribution in [0.2, 0.25) is 72.5 Å². The van der Waals surface area contributed by atoms with Crippen molar-refractivity contribution in [2.24, 2.45) is 71.0 Å². The van der Waals surface area contributed by atoms with Crippen LogP contribution in [0.3, 0.4) is 0 Å². The molecule has 0 heterocycles. The van der Waals surface area contributed by atoms with Gasteiger partial charge in [0.1, 0.15) is 32.3 Å². The van der Waals surface area contributed by atoms with E-state index >= 15 is 87.8 Å². The number of hydrogen-bond acceptors (Lipinski definition) is 0. The molecule has 0 aromatic heterocycles. The second-order valence-corrected chi connectivity index (χ2v) is 59.6. The first kappa shape index (κ1) is 106. The van der Waals surface area contributed by atoms with Crippen LogP contribution >= 0.6 is 0 Å². The topological polar surface area (TPSA) is 0 Å². The highest BCUT2D eigenvalue weighted by Gasteiger charge is 2.44. The minimum atomic E-state index is -5.63. The molecule has 0 nitrogen and oxygen atoms in total. The van der Waals surface area contributed by atoms with Gasteiger partial charge in [-0.3, -0.25) is 0 Å². The van der Waals surface area contributed by atoms with E-state index in [0.717, 1.165) is 24.3 Å². The lowest BCUT2D eigenvalue weighted by atomic mass is 9.80. The fourth-order valence-corrected chi connectivity index (χ4v) is 46.0. The second-order valence-electron chi connectivity index (χ2n) is 43.4. The molecule has 11 rings (SSSR count). The third-order valence-corrected chi connectivity index (χ3v) is 46.9. The lowest BCUT2D eigenvalue weighted by molar-refractivity contribution is -0.144. The van der Waals surface area contributed by atoms with E-state index in [9.17, 15) is 0 Å². The molecule has 0 bridgehead atoms. The first-order valence-corrected chi connectivity index (χ1v) is 57.3. The summed E-state index contributed by atoms with van der Waals surface area (Å²) in [5, 5.41) is -5.80. The number of hydrogen-bond donors (Lipinski definition) is 0. The van der Waals surface area contributed by atoms with Crippen molar-refractivity contribution in [2.45, 2.75) is 263 Å². The molecule has 24 heteroatoms. The van der Waals surface area contributed by atoms with Crippen molar-refractivity contribution in [3.8, 4) is 68.1 Å². The summed E-state index contributed by atoms with van der Waals surface area (Å²) >= 11 is 0. The summed E-state index contributed by atoms with van der Waals surface area (Å²) in [6.07, 6.45) is -22.5. The molecule has 134 heavy (non-hydrogen) atoms. The van der Waals surface area contributed by atoms with Crippen LogP contribution in [0.25, 0.3) is 108 Å². The fraction of sp³-hybridized carbons (Fsp3) is 0.473. The summed E-state index contributed by atoms with van der Waals surface area (Å²) in [6, 6.07) is 17.8. The van der Waals surface area contributed by atoms with Gasteiger partial charge in [0.25, 0.3) is 0 Å². The molecule has 0 amide bonds. The van der Waals surface area contributed by atoms with Gasteiger partial charge in [-0.2, -0.15) is 52.7 Å². The predicted octanol–water partition coefficient (Wildman–Crippen LogP) is 36.7. The Kier molecular flexibility index (Phi) is 31.5. The van der Waals surface area contributed by atoms with Gasteiger partial charge in [-0.1, -0.05) is 190 Å². The molecule has 0 spiro atoms. The molecule has 718 valence electrons. The van der Waals surface area contributed by atoms with E-state index < -0.39 is 191 Å². The van der Waals surface area contributed by atoms with E-state index in [1.54, 1.807) is 0 Å². The zero-order valence-corrected chi connectivity index (χ0v) is 85.1. The molecule has 0 atom stereocenters. The predicted molar refractivity (Wildman–Crippen MR) is 523 cm³/mol. The molecule has 0 fully saturated rings. The van der Waals surface area contributed by atoms with E-state index in [-0.39, 0.29) is 148 Å². The molecule has 0 aliphatic heterocycles. The third kappa shape index (κ3) is 22.9. The van der Waals surface area contributed by atoms with E-state index in [4.69, 9.17) is 0 Å². The number of alkyl halides is 12. The molecule has 0 aliphatic rings. The van der Waals surface area contributed by atoms with Gasteiger partial charge < -0.3 is 0 Å². The minimum Gasteiger partial charge on any atom is -0.203 e. The first-order chi connectivity index (χ1) is 61.9. The molecular formula is C110H122F20Si4. The highest BCUT2D eigenvalue weighted by molar-refractivity contribution is 6.89. The van der Waals surface area contributed by atoms with Crippen molar-refractivity contribution >= 4 is 118 Å². The van der Waals surface area contributed by atoms with Gasteiger partial charge in [-0.25, -0.2) is 35.1 Å². The Morgan fingerprint density at radius 3 is 0.448 bits per heavy atom. The van der Waals surface area contributed by atoms with Crippen molar-refractivity contribution in [3.05, 3.63) is 176 Å². The van der Waals surface area contributed by atoms with Crippen molar-refractivity contribution in [1.82, 2.24) is 0 Å². The van der Waals surface area contributed by atoms with E-state index in [1.807, 2.05) is 166 Å². The maximum atomic E-state index is 17.3. The van der Waals surface area contributed by atoms with Gasteiger partial charge >= 0.3 is 24.7 Å². The van der Waals surface area contributed by atoms with Crippen LogP contribution in [0.1, 0.15) is 211 Å². The van der Waals surface area contributed by atoms with E-state index in [1.165, 1.54) is 24.3 Å². The van der Waals surface area contributed by atoms with Crippen LogP contribution in [0.5, 0.6) is 0 Å². The third-order valence-electron chi connectivity index (χ3n) is 25.1. The van der Waals surface area contributed by atoms with E-state index in [0.29, 0.717) is 96.8 Å². The normalized spacial score (nSPS) is 13.3.